The summed E-state index contributed by atoms with van der Waals surface area (Å²) in [6, 6.07) is 6.01. The largest absolute Gasteiger partial charge is 0.451 e. The van der Waals surface area contributed by atoms with Gasteiger partial charge in [-0.05, 0) is 24.3 Å². The number of nitrogens with zero attached hydrogens (tertiary/aromatic N) is 2. The number of hydrogen-bond donors (Lipinski definition) is 2. The number of carbonyl (C=O) groups is 1. The van der Waals surface area contributed by atoms with Crippen molar-refractivity contribution in [1.29, 1.82) is 0 Å². The van der Waals surface area contributed by atoms with Crippen LogP contribution in [0.25, 0.3) is 0 Å². The maximum absolute atomic E-state index is 11.2. The first-order valence-corrected chi connectivity index (χ1v) is 10.7. The number of carbonyl (C=O) groups excluding carboxylic acids is 1. The Labute approximate surface area is 208 Å². The molecule has 0 spiro atoms. The van der Waals surface area contributed by atoms with E-state index in [0.717, 1.165) is 0 Å². The molecule has 0 radical (unpaired) electrons. The minimum Gasteiger partial charge on any atom is -0.451 e. The fourth-order valence-corrected chi connectivity index (χ4v) is 3.98. The fraction of sp³-hybridized carbons (Fsp3) is 0.158. The highest BCUT2D eigenvalue weighted by molar-refractivity contribution is 6.41. The van der Waals surface area contributed by atoms with Crippen LogP contribution in [-0.4, -0.2) is 33.7 Å². The van der Waals surface area contributed by atoms with Gasteiger partial charge in [0.2, 0.25) is 0 Å². The van der Waals surface area contributed by atoms with Gasteiger partial charge in [0.1, 0.15) is 5.69 Å². The second-order valence-electron chi connectivity index (χ2n) is 5.87. The van der Waals surface area contributed by atoms with Crippen molar-refractivity contribution in [2.45, 2.75) is 0 Å². The minimum atomic E-state index is -0.218. The van der Waals surface area contributed by atoms with E-state index in [0.29, 0.717) is 15.7 Å². The Morgan fingerprint density at radius 1 is 0.968 bits per heavy atom. The zero-order chi connectivity index (χ0) is 23.1. The number of halogens is 6. The first kappa shape index (κ1) is 25.9. The summed E-state index contributed by atoms with van der Waals surface area (Å²) in [5.74, 6) is 0.224. The molecule has 0 aliphatic heterocycles. The first-order valence-electron chi connectivity index (χ1n) is 8.46. The molecule has 166 valence electrons. The highest BCUT2D eigenvalue weighted by Crippen LogP contribution is 2.44. The lowest BCUT2D eigenvalue weighted by molar-refractivity contribution is 0.0936. The maximum Gasteiger partial charge on any atom is 0.269 e. The second kappa shape index (κ2) is 12.0. The lowest BCUT2D eigenvalue weighted by atomic mass is 10.3. The molecule has 0 bridgehead atoms. The van der Waals surface area contributed by atoms with Gasteiger partial charge in [0, 0.05) is 23.6 Å². The number of aromatic nitrogens is 2. The average Bonchev–Trinajstić information content (AvgIpc) is 3.10. The fourth-order valence-electron chi connectivity index (χ4n) is 2.19. The number of ether oxygens (including phenoxy) is 1. The highest BCUT2D eigenvalue weighted by Gasteiger charge is 2.15. The second-order valence-corrected chi connectivity index (χ2v) is 8.37. The lowest BCUT2D eigenvalue weighted by Crippen LogP contribution is -2.27. The van der Waals surface area contributed by atoms with E-state index in [1.807, 2.05) is 0 Å². The summed E-state index contributed by atoms with van der Waals surface area (Å²) >= 11 is 35.7. The molecule has 1 amide bonds. The molecule has 0 saturated carbocycles. The third kappa shape index (κ3) is 7.32. The molecule has 0 unspecified atom stereocenters. The molecule has 2 N–H and O–H groups in total. The van der Waals surface area contributed by atoms with E-state index in [1.54, 1.807) is 17.9 Å². The van der Waals surface area contributed by atoms with Crippen molar-refractivity contribution >= 4 is 75.5 Å². The van der Waals surface area contributed by atoms with Crippen molar-refractivity contribution in [3.63, 3.8) is 0 Å². The van der Waals surface area contributed by atoms with Crippen molar-refractivity contribution in [3.05, 3.63) is 72.6 Å². The van der Waals surface area contributed by atoms with Crippen LogP contribution in [-0.2, 0) is 7.05 Å². The summed E-state index contributed by atoms with van der Waals surface area (Å²) in [5.41, 5.74) is 0.489. The first-order chi connectivity index (χ1) is 14.6. The van der Waals surface area contributed by atoms with Gasteiger partial charge in [-0.1, -0.05) is 69.6 Å². The average molecular weight is 546 g/mol. The number of rotatable bonds is 5. The molecule has 1 heterocycles. The zero-order valence-corrected chi connectivity index (χ0v) is 20.3. The van der Waals surface area contributed by atoms with E-state index in [2.05, 4.69) is 10.3 Å². The van der Waals surface area contributed by atoms with Crippen LogP contribution in [0, 0.1) is 0 Å². The third-order valence-corrected chi connectivity index (χ3v) is 5.14. The van der Waals surface area contributed by atoms with Crippen LogP contribution in [0.2, 0.25) is 30.1 Å². The molecule has 0 atom stereocenters. The predicted molar refractivity (Wildman–Crippen MR) is 126 cm³/mol. The molecular formula is C19H15Cl6N3O3. The number of aliphatic hydroxyl groups is 1. The van der Waals surface area contributed by atoms with Gasteiger partial charge in [-0.15, -0.1) is 0 Å². The van der Waals surface area contributed by atoms with Crippen molar-refractivity contribution in [2.75, 3.05) is 13.2 Å². The minimum absolute atomic E-state index is 0.0520. The Kier molecular flexibility index (Phi) is 10.0. The summed E-state index contributed by atoms with van der Waals surface area (Å²) in [5, 5.41) is 12.8. The van der Waals surface area contributed by atoms with E-state index in [4.69, 9.17) is 79.4 Å². The topological polar surface area (TPSA) is 76.4 Å². The van der Waals surface area contributed by atoms with Gasteiger partial charge in [0.05, 0.1) is 39.2 Å². The van der Waals surface area contributed by atoms with Gasteiger partial charge in [0.15, 0.2) is 11.5 Å². The normalized spacial score (nSPS) is 10.3. The zero-order valence-electron chi connectivity index (χ0n) is 15.8. The molecule has 0 fully saturated rings. The highest BCUT2D eigenvalue weighted by atomic mass is 35.5. The van der Waals surface area contributed by atoms with Crippen molar-refractivity contribution in [1.82, 2.24) is 14.9 Å². The predicted octanol–water partition coefficient (Wildman–Crippen LogP) is 6.54. The van der Waals surface area contributed by atoms with Crippen LogP contribution in [0.1, 0.15) is 10.5 Å². The number of imidazole rings is 1. The van der Waals surface area contributed by atoms with Crippen molar-refractivity contribution < 1.29 is 14.6 Å². The number of aliphatic hydroxyl groups excluding tert-OH is 1. The van der Waals surface area contributed by atoms with Gasteiger partial charge in [0.25, 0.3) is 5.91 Å². The monoisotopic (exact) mass is 543 g/mol. The Hall–Kier alpha value is -1.38. The molecule has 3 rings (SSSR count). The lowest BCUT2D eigenvalue weighted by Gasteiger charge is -2.12. The van der Waals surface area contributed by atoms with Gasteiger partial charge in [-0.25, -0.2) is 4.98 Å². The van der Waals surface area contributed by atoms with Crippen molar-refractivity contribution in [3.8, 4) is 11.5 Å². The quantitative estimate of drug-likeness (QED) is 0.381. The maximum atomic E-state index is 11.2. The number of amides is 1. The molecule has 2 aromatic carbocycles. The molecular weight excluding hydrogens is 531 g/mol. The number of benzene rings is 2. The molecule has 0 aliphatic carbocycles. The van der Waals surface area contributed by atoms with E-state index in [1.165, 1.54) is 30.5 Å². The summed E-state index contributed by atoms with van der Waals surface area (Å²) in [4.78, 5) is 15.0. The van der Waals surface area contributed by atoms with Crippen molar-refractivity contribution in [2.24, 2.45) is 7.05 Å². The van der Waals surface area contributed by atoms with Crippen LogP contribution < -0.4 is 10.1 Å². The molecule has 12 heteroatoms. The Morgan fingerprint density at radius 3 is 1.77 bits per heavy atom. The third-order valence-electron chi connectivity index (χ3n) is 3.58. The molecule has 3 aromatic rings. The van der Waals surface area contributed by atoms with Crippen LogP contribution in [0.4, 0.5) is 0 Å². The van der Waals surface area contributed by atoms with E-state index in [9.17, 15) is 4.79 Å². The number of nitrogens with one attached hydrogen (secondary N) is 1. The SMILES string of the molecule is Clc1cc(Cl)c(Oc2c(Cl)cc(Cl)cc2Cl)c(Cl)c1.Cn1cncc1C(=O)NCCO. The van der Waals surface area contributed by atoms with E-state index >= 15 is 0 Å². The summed E-state index contributed by atoms with van der Waals surface area (Å²) in [6.45, 7) is 0.216. The molecule has 6 nitrogen and oxygen atoms in total. The molecule has 0 saturated heterocycles. The number of aryl methyl sites for hydroxylation is 1. The molecule has 1 aromatic heterocycles. The summed E-state index contributed by atoms with van der Waals surface area (Å²) < 4.78 is 7.18. The molecule has 0 aliphatic rings. The van der Waals surface area contributed by atoms with Gasteiger partial charge in [-0.3, -0.25) is 4.79 Å². The van der Waals surface area contributed by atoms with E-state index < -0.39 is 0 Å². The standard InChI is InChI=1S/C12H4Cl6O.C7H11N3O2/c13-5-1-7(15)11(8(16)2-5)19-12-9(17)3-6(14)4-10(12)18;1-10-5-8-4-6(10)7(12)9-2-3-11/h1-4H;4-5,11H,2-3H2,1H3,(H,9,12). The number of hydrogen-bond acceptors (Lipinski definition) is 4. The Bertz CT molecular complexity index is 972. The van der Waals surface area contributed by atoms with Crippen LogP contribution in [0.5, 0.6) is 11.5 Å². The summed E-state index contributed by atoms with van der Waals surface area (Å²) in [7, 11) is 1.74. The molecule has 31 heavy (non-hydrogen) atoms. The van der Waals surface area contributed by atoms with Gasteiger partial charge >= 0.3 is 0 Å². The van der Waals surface area contributed by atoms with Crippen LogP contribution >= 0.6 is 69.6 Å². The smallest absolute Gasteiger partial charge is 0.269 e. The van der Waals surface area contributed by atoms with Crippen LogP contribution in [0.15, 0.2) is 36.8 Å². The van der Waals surface area contributed by atoms with Crippen LogP contribution in [0.3, 0.4) is 0 Å². The van der Waals surface area contributed by atoms with Gasteiger partial charge in [-0.2, -0.15) is 0 Å². The Morgan fingerprint density at radius 2 is 1.42 bits per heavy atom. The van der Waals surface area contributed by atoms with E-state index in [-0.39, 0.29) is 50.6 Å². The van der Waals surface area contributed by atoms with Gasteiger partial charge < -0.3 is 19.7 Å². The Balaban J connectivity index is 0.000000245. The summed E-state index contributed by atoms with van der Waals surface area (Å²) in [6.07, 6.45) is 3.03.